The highest BCUT2D eigenvalue weighted by Crippen LogP contribution is 2.33. The number of likely N-dealkylation sites (tertiary alicyclic amines) is 1. The molecule has 0 unspecified atom stereocenters. The van der Waals surface area contributed by atoms with Crippen molar-refractivity contribution in [1.29, 1.82) is 0 Å². The Morgan fingerprint density at radius 2 is 1.63 bits per heavy atom. The van der Waals surface area contributed by atoms with Gasteiger partial charge < -0.3 is 10.0 Å². The first-order valence-corrected chi connectivity index (χ1v) is 11.0. The van der Waals surface area contributed by atoms with Gasteiger partial charge in [-0.05, 0) is 67.8 Å². The van der Waals surface area contributed by atoms with Gasteiger partial charge in [0.25, 0.3) is 0 Å². The normalized spacial score (nSPS) is 17.7. The maximum atomic E-state index is 12.9. The van der Waals surface area contributed by atoms with Gasteiger partial charge in [-0.3, -0.25) is 0 Å². The molecule has 0 saturated carbocycles. The van der Waals surface area contributed by atoms with Gasteiger partial charge in [0.2, 0.25) is 0 Å². The minimum absolute atomic E-state index is 0.0244. The molecule has 0 aliphatic carbocycles. The van der Waals surface area contributed by atoms with Crippen LogP contribution in [0, 0.1) is 5.82 Å². The molecule has 146 valence electrons. The second kappa shape index (κ2) is 8.27. The first kappa shape index (κ1) is 20.3. The second-order valence-corrected chi connectivity index (χ2v) is 9.55. The molecular formula is C20H23ClFNO3S. The van der Waals surface area contributed by atoms with E-state index in [4.69, 9.17) is 11.6 Å². The van der Waals surface area contributed by atoms with E-state index < -0.39 is 21.3 Å². The van der Waals surface area contributed by atoms with Crippen LogP contribution in [0.4, 0.5) is 4.39 Å². The predicted octanol–water partition coefficient (Wildman–Crippen LogP) is 3.63. The van der Waals surface area contributed by atoms with Crippen molar-refractivity contribution in [1.82, 2.24) is 4.90 Å². The van der Waals surface area contributed by atoms with Crippen LogP contribution in [0.15, 0.2) is 53.4 Å². The lowest BCUT2D eigenvalue weighted by atomic mass is 9.84. The summed E-state index contributed by atoms with van der Waals surface area (Å²) < 4.78 is 37.6. The maximum Gasteiger partial charge on any atom is 0.178 e. The second-order valence-electron chi connectivity index (χ2n) is 7.01. The van der Waals surface area contributed by atoms with Crippen molar-refractivity contribution in [3.63, 3.8) is 0 Å². The van der Waals surface area contributed by atoms with Gasteiger partial charge in [0.05, 0.1) is 16.2 Å². The van der Waals surface area contributed by atoms with Crippen LogP contribution in [0.2, 0.25) is 5.02 Å². The zero-order valence-electron chi connectivity index (χ0n) is 14.9. The lowest BCUT2D eigenvalue weighted by molar-refractivity contribution is -0.0257. The zero-order valence-corrected chi connectivity index (χ0v) is 16.5. The van der Waals surface area contributed by atoms with Crippen molar-refractivity contribution in [3.8, 4) is 0 Å². The van der Waals surface area contributed by atoms with Crippen molar-refractivity contribution < 1.29 is 17.9 Å². The summed E-state index contributed by atoms with van der Waals surface area (Å²) in [5.41, 5.74) is 0.00630. The summed E-state index contributed by atoms with van der Waals surface area (Å²) in [7, 11) is -3.40. The van der Waals surface area contributed by atoms with E-state index in [9.17, 15) is 17.9 Å². The molecule has 2 aromatic rings. The summed E-state index contributed by atoms with van der Waals surface area (Å²) in [4.78, 5) is 2.32. The molecule has 1 fully saturated rings. The molecule has 0 radical (unpaired) electrons. The fraction of sp³-hybridized carbons (Fsp3) is 0.400. The molecule has 27 heavy (non-hydrogen) atoms. The number of benzene rings is 2. The van der Waals surface area contributed by atoms with Crippen molar-refractivity contribution >= 4 is 21.4 Å². The molecule has 0 spiro atoms. The van der Waals surface area contributed by atoms with Gasteiger partial charge in [0.1, 0.15) is 5.82 Å². The SMILES string of the molecule is O=S(=O)(CCCN1CCC(O)(c2ccc(Cl)cc2)CC1)c1ccc(F)cc1. The lowest BCUT2D eigenvalue weighted by Crippen LogP contribution is -2.43. The molecule has 1 N–H and O–H groups in total. The van der Waals surface area contributed by atoms with Crippen molar-refractivity contribution in [2.75, 3.05) is 25.4 Å². The Kier molecular flexibility index (Phi) is 6.21. The molecule has 3 rings (SSSR count). The standard InChI is InChI=1S/C20H23ClFNO3S/c21-17-4-2-16(3-5-17)20(24)10-13-23(14-11-20)12-1-15-27(25,26)19-8-6-18(22)7-9-19/h2-9,24H,1,10-15H2. The number of piperidine rings is 1. The summed E-state index contributed by atoms with van der Waals surface area (Å²) in [6.45, 7) is 2.06. The number of sulfone groups is 1. The zero-order chi connectivity index (χ0) is 19.5. The van der Waals surface area contributed by atoms with Gasteiger partial charge >= 0.3 is 0 Å². The van der Waals surface area contributed by atoms with Crippen LogP contribution in [-0.2, 0) is 15.4 Å². The first-order chi connectivity index (χ1) is 12.8. The monoisotopic (exact) mass is 411 g/mol. The molecule has 1 saturated heterocycles. The van der Waals surface area contributed by atoms with E-state index in [1.165, 1.54) is 12.1 Å². The average molecular weight is 412 g/mol. The number of nitrogens with zero attached hydrogens (tertiary/aromatic N) is 1. The Balaban J connectivity index is 1.49. The van der Waals surface area contributed by atoms with Crippen LogP contribution in [0.25, 0.3) is 0 Å². The minimum Gasteiger partial charge on any atom is -0.385 e. The highest BCUT2D eigenvalue weighted by molar-refractivity contribution is 7.91. The Morgan fingerprint density at radius 1 is 1.04 bits per heavy atom. The number of halogens is 2. The number of aliphatic hydroxyl groups is 1. The Hall–Kier alpha value is -1.47. The van der Waals surface area contributed by atoms with E-state index in [0.717, 1.165) is 17.7 Å². The fourth-order valence-corrected chi connectivity index (χ4v) is 4.85. The largest absolute Gasteiger partial charge is 0.385 e. The molecule has 1 aliphatic rings. The van der Waals surface area contributed by atoms with Crippen LogP contribution < -0.4 is 0 Å². The van der Waals surface area contributed by atoms with Gasteiger partial charge in [-0.15, -0.1) is 0 Å². The van der Waals surface area contributed by atoms with Crippen molar-refractivity contribution in [2.24, 2.45) is 0 Å². The molecule has 0 amide bonds. The van der Waals surface area contributed by atoms with Gasteiger partial charge in [-0.25, -0.2) is 12.8 Å². The van der Waals surface area contributed by atoms with Gasteiger partial charge in [-0.1, -0.05) is 23.7 Å². The quantitative estimate of drug-likeness (QED) is 0.737. The summed E-state index contributed by atoms with van der Waals surface area (Å²) in [5.74, 6) is -0.424. The van der Waals surface area contributed by atoms with Crippen molar-refractivity contribution in [3.05, 3.63) is 64.9 Å². The number of hydrogen-bond acceptors (Lipinski definition) is 4. The molecule has 0 aromatic heterocycles. The van der Waals surface area contributed by atoms with Crippen LogP contribution in [0.3, 0.4) is 0 Å². The van der Waals surface area contributed by atoms with Gasteiger partial charge in [-0.2, -0.15) is 0 Å². The van der Waals surface area contributed by atoms with Crippen molar-refractivity contribution in [2.45, 2.75) is 29.8 Å². The summed E-state index contributed by atoms with van der Waals surface area (Å²) in [5, 5.41) is 11.5. The Bertz CT molecular complexity index is 861. The third-order valence-electron chi connectivity index (χ3n) is 5.12. The van der Waals surface area contributed by atoms with E-state index in [2.05, 4.69) is 4.90 Å². The minimum atomic E-state index is -3.40. The topological polar surface area (TPSA) is 57.6 Å². The van der Waals surface area contributed by atoms with E-state index >= 15 is 0 Å². The van der Waals surface area contributed by atoms with E-state index in [-0.39, 0.29) is 10.6 Å². The third kappa shape index (κ3) is 5.08. The van der Waals surface area contributed by atoms with Gasteiger partial charge in [0, 0.05) is 18.1 Å². The number of hydrogen-bond donors (Lipinski definition) is 1. The first-order valence-electron chi connectivity index (χ1n) is 8.98. The third-order valence-corrected chi connectivity index (χ3v) is 7.19. The molecular weight excluding hydrogens is 389 g/mol. The predicted molar refractivity (Wildman–Crippen MR) is 104 cm³/mol. The summed E-state index contributed by atoms with van der Waals surface area (Å²) in [6.07, 6.45) is 1.69. The molecule has 1 aliphatic heterocycles. The number of rotatable bonds is 6. The van der Waals surface area contributed by atoms with Crippen LogP contribution in [0.5, 0.6) is 0 Å². The highest BCUT2D eigenvalue weighted by Gasteiger charge is 2.33. The molecule has 7 heteroatoms. The van der Waals surface area contributed by atoms with Crippen LogP contribution >= 0.6 is 11.6 Å². The summed E-state index contributed by atoms with van der Waals surface area (Å²) >= 11 is 5.91. The molecule has 0 bridgehead atoms. The molecule has 2 aromatic carbocycles. The van der Waals surface area contributed by atoms with E-state index in [1.807, 2.05) is 12.1 Å². The smallest absolute Gasteiger partial charge is 0.178 e. The van der Waals surface area contributed by atoms with Gasteiger partial charge in [0.15, 0.2) is 9.84 Å². The van der Waals surface area contributed by atoms with E-state index in [0.29, 0.717) is 43.9 Å². The molecule has 1 heterocycles. The molecule has 4 nitrogen and oxygen atoms in total. The highest BCUT2D eigenvalue weighted by atomic mass is 35.5. The van der Waals surface area contributed by atoms with Crippen LogP contribution in [-0.4, -0.2) is 43.8 Å². The maximum absolute atomic E-state index is 12.9. The summed E-state index contributed by atoms with van der Waals surface area (Å²) in [6, 6.07) is 12.2. The fourth-order valence-electron chi connectivity index (χ4n) is 3.43. The average Bonchev–Trinajstić information content (AvgIpc) is 2.64. The lowest BCUT2D eigenvalue weighted by Gasteiger charge is -2.38. The Morgan fingerprint density at radius 3 is 2.22 bits per heavy atom. The van der Waals surface area contributed by atoms with Crippen LogP contribution in [0.1, 0.15) is 24.8 Å². The molecule has 0 atom stereocenters. The van der Waals surface area contributed by atoms with E-state index in [1.54, 1.807) is 12.1 Å². The Labute approximate surface area is 164 Å².